The molecule has 1 saturated heterocycles. The van der Waals surface area contributed by atoms with Crippen LogP contribution < -0.4 is 5.32 Å². The van der Waals surface area contributed by atoms with E-state index in [1.807, 2.05) is 24.4 Å². The number of thiophene rings is 1. The number of piperidine rings is 1. The van der Waals surface area contributed by atoms with E-state index in [1.54, 1.807) is 29.5 Å². The summed E-state index contributed by atoms with van der Waals surface area (Å²) in [5.41, 5.74) is 0.362. The molecule has 0 saturated carbocycles. The summed E-state index contributed by atoms with van der Waals surface area (Å²) in [6.07, 6.45) is 2.84. The van der Waals surface area contributed by atoms with Crippen LogP contribution in [0.4, 0.5) is 0 Å². The van der Waals surface area contributed by atoms with Crippen LogP contribution in [-0.2, 0) is 10.0 Å². The van der Waals surface area contributed by atoms with Gasteiger partial charge in [0.25, 0.3) is 5.91 Å². The largest absolute Gasteiger partial charge is 0.345 e. The molecule has 1 N–H and O–H groups in total. The highest BCUT2D eigenvalue weighted by Gasteiger charge is 2.26. The molecular formula is C18H22N2O3S2. The van der Waals surface area contributed by atoms with Gasteiger partial charge in [0.1, 0.15) is 0 Å². The third-order valence-electron chi connectivity index (χ3n) is 4.37. The van der Waals surface area contributed by atoms with E-state index in [1.165, 1.54) is 10.4 Å². The Balaban J connectivity index is 1.77. The smallest absolute Gasteiger partial charge is 0.251 e. The van der Waals surface area contributed by atoms with E-state index in [2.05, 4.69) is 5.32 Å². The zero-order valence-corrected chi connectivity index (χ0v) is 15.8. The second kappa shape index (κ2) is 7.68. The molecular weight excluding hydrogens is 356 g/mol. The summed E-state index contributed by atoms with van der Waals surface area (Å²) in [7, 11) is -3.53. The van der Waals surface area contributed by atoms with E-state index >= 15 is 0 Å². The Morgan fingerprint density at radius 2 is 1.92 bits per heavy atom. The number of nitrogens with one attached hydrogen (secondary N) is 1. The number of carbonyl (C=O) groups excluding carboxylic acids is 1. The lowest BCUT2D eigenvalue weighted by molar-refractivity contribution is 0.0940. The van der Waals surface area contributed by atoms with E-state index in [0.717, 1.165) is 24.1 Å². The fourth-order valence-electron chi connectivity index (χ4n) is 2.94. The lowest BCUT2D eigenvalue weighted by Crippen LogP contribution is -2.35. The van der Waals surface area contributed by atoms with Gasteiger partial charge in [0.2, 0.25) is 10.0 Å². The summed E-state index contributed by atoms with van der Waals surface area (Å²) in [4.78, 5) is 13.7. The van der Waals surface area contributed by atoms with Crippen molar-refractivity contribution >= 4 is 27.3 Å². The maximum atomic E-state index is 12.8. The van der Waals surface area contributed by atoms with Crippen molar-refractivity contribution in [2.24, 2.45) is 0 Å². The van der Waals surface area contributed by atoms with E-state index < -0.39 is 10.0 Å². The van der Waals surface area contributed by atoms with E-state index in [-0.39, 0.29) is 16.8 Å². The van der Waals surface area contributed by atoms with Crippen LogP contribution >= 0.6 is 11.3 Å². The average molecular weight is 379 g/mol. The van der Waals surface area contributed by atoms with Crippen molar-refractivity contribution < 1.29 is 13.2 Å². The van der Waals surface area contributed by atoms with Crippen molar-refractivity contribution in [2.45, 2.75) is 37.1 Å². The van der Waals surface area contributed by atoms with Crippen molar-refractivity contribution in [2.75, 3.05) is 13.1 Å². The van der Waals surface area contributed by atoms with Crippen LogP contribution in [-0.4, -0.2) is 31.7 Å². The molecule has 25 heavy (non-hydrogen) atoms. The van der Waals surface area contributed by atoms with Gasteiger partial charge >= 0.3 is 0 Å². The lowest BCUT2D eigenvalue weighted by Gasteiger charge is -2.26. The molecule has 134 valence electrons. The molecule has 1 aliphatic heterocycles. The predicted octanol–water partition coefficient (Wildman–Crippen LogP) is 3.41. The summed E-state index contributed by atoms with van der Waals surface area (Å²) in [6, 6.07) is 10.1. The standard InChI is InChI=1S/C18H22N2O3S2/c1-14(17-9-6-12-24-17)19-18(21)15-7-5-8-16(13-15)25(22,23)20-10-3-2-4-11-20/h5-9,12-14H,2-4,10-11H2,1H3,(H,19,21)/t14-/m0/s1. The molecule has 0 aliphatic carbocycles. The molecule has 2 heterocycles. The highest BCUT2D eigenvalue weighted by molar-refractivity contribution is 7.89. The Morgan fingerprint density at radius 1 is 1.16 bits per heavy atom. The molecule has 1 atom stereocenters. The molecule has 1 fully saturated rings. The molecule has 5 nitrogen and oxygen atoms in total. The number of hydrogen-bond acceptors (Lipinski definition) is 4. The lowest BCUT2D eigenvalue weighted by atomic mass is 10.2. The van der Waals surface area contributed by atoms with Gasteiger partial charge in [-0.2, -0.15) is 4.31 Å². The van der Waals surface area contributed by atoms with Crippen LogP contribution in [0.25, 0.3) is 0 Å². The van der Waals surface area contributed by atoms with Crippen molar-refractivity contribution in [1.82, 2.24) is 9.62 Å². The number of benzene rings is 1. The maximum Gasteiger partial charge on any atom is 0.251 e. The Labute approximate surface area is 152 Å². The minimum Gasteiger partial charge on any atom is -0.345 e. The summed E-state index contributed by atoms with van der Waals surface area (Å²) in [6.45, 7) is 3.01. The molecule has 2 aromatic rings. The summed E-state index contributed by atoms with van der Waals surface area (Å²) >= 11 is 1.58. The Bertz CT molecular complexity index is 826. The predicted molar refractivity (Wildman–Crippen MR) is 99.3 cm³/mol. The first kappa shape index (κ1) is 18.1. The zero-order chi connectivity index (χ0) is 17.9. The van der Waals surface area contributed by atoms with Crippen molar-refractivity contribution in [3.05, 3.63) is 52.2 Å². The van der Waals surface area contributed by atoms with Crippen molar-refractivity contribution in [3.8, 4) is 0 Å². The molecule has 3 rings (SSSR count). The Hall–Kier alpha value is -1.70. The second-order valence-corrected chi connectivity index (χ2v) is 9.12. The fourth-order valence-corrected chi connectivity index (χ4v) is 5.24. The fraction of sp³-hybridized carbons (Fsp3) is 0.389. The van der Waals surface area contributed by atoms with Gasteiger partial charge in [0, 0.05) is 23.5 Å². The van der Waals surface area contributed by atoms with Crippen LogP contribution in [0.1, 0.15) is 47.5 Å². The molecule has 0 radical (unpaired) electrons. The van der Waals surface area contributed by atoms with Gasteiger partial charge in [-0.3, -0.25) is 4.79 Å². The van der Waals surface area contributed by atoms with Crippen molar-refractivity contribution in [1.29, 1.82) is 0 Å². The highest BCUT2D eigenvalue weighted by atomic mass is 32.2. The summed E-state index contributed by atoms with van der Waals surface area (Å²) < 4.78 is 27.0. The first-order valence-corrected chi connectivity index (χ1v) is 10.7. The quantitative estimate of drug-likeness (QED) is 0.867. The maximum absolute atomic E-state index is 12.8. The molecule has 0 bridgehead atoms. The summed E-state index contributed by atoms with van der Waals surface area (Å²) in [5, 5.41) is 4.88. The molecule has 0 spiro atoms. The van der Waals surface area contributed by atoms with E-state index in [4.69, 9.17) is 0 Å². The number of sulfonamides is 1. The molecule has 1 aromatic carbocycles. The SMILES string of the molecule is C[C@H](NC(=O)c1cccc(S(=O)(=O)N2CCCCC2)c1)c1cccs1. The molecule has 7 heteroatoms. The number of amides is 1. The number of hydrogen-bond donors (Lipinski definition) is 1. The van der Waals surface area contributed by atoms with Gasteiger partial charge in [0.15, 0.2) is 0 Å². The topological polar surface area (TPSA) is 66.5 Å². The second-order valence-electron chi connectivity index (χ2n) is 6.20. The first-order chi connectivity index (χ1) is 12.0. The first-order valence-electron chi connectivity index (χ1n) is 8.43. The molecule has 1 amide bonds. The number of nitrogens with zero attached hydrogens (tertiary/aromatic N) is 1. The third kappa shape index (κ3) is 4.11. The van der Waals surface area contributed by atoms with Gasteiger partial charge < -0.3 is 5.32 Å². The zero-order valence-electron chi connectivity index (χ0n) is 14.1. The molecule has 0 unspecified atom stereocenters. The molecule has 1 aliphatic rings. The molecule has 1 aromatic heterocycles. The van der Waals surface area contributed by atoms with E-state index in [9.17, 15) is 13.2 Å². The van der Waals surface area contributed by atoms with Gasteiger partial charge in [0.05, 0.1) is 10.9 Å². The highest BCUT2D eigenvalue weighted by Crippen LogP contribution is 2.22. The minimum atomic E-state index is -3.53. The Morgan fingerprint density at radius 3 is 2.60 bits per heavy atom. The third-order valence-corrected chi connectivity index (χ3v) is 7.32. The van der Waals surface area contributed by atoms with Crippen LogP contribution in [0.3, 0.4) is 0 Å². The minimum absolute atomic E-state index is 0.116. The number of rotatable bonds is 5. The normalized spacial score (nSPS) is 17.2. The van der Waals surface area contributed by atoms with Crippen molar-refractivity contribution in [3.63, 3.8) is 0 Å². The van der Waals surface area contributed by atoms with Crippen LogP contribution in [0.5, 0.6) is 0 Å². The average Bonchev–Trinajstić information content (AvgIpc) is 3.17. The summed E-state index contributed by atoms with van der Waals surface area (Å²) in [5.74, 6) is -0.267. The van der Waals surface area contributed by atoms with Gasteiger partial charge in [-0.05, 0) is 49.4 Å². The number of carbonyl (C=O) groups is 1. The van der Waals surface area contributed by atoms with Crippen LogP contribution in [0.2, 0.25) is 0 Å². The monoisotopic (exact) mass is 378 g/mol. The Kier molecular flexibility index (Phi) is 5.56. The van der Waals surface area contributed by atoms with Crippen LogP contribution in [0, 0.1) is 0 Å². The van der Waals surface area contributed by atoms with Gasteiger partial charge in [-0.25, -0.2) is 8.42 Å². The van der Waals surface area contributed by atoms with Crippen LogP contribution in [0.15, 0.2) is 46.7 Å². The van der Waals surface area contributed by atoms with Gasteiger partial charge in [-0.15, -0.1) is 11.3 Å². The van der Waals surface area contributed by atoms with E-state index in [0.29, 0.717) is 18.7 Å². The van der Waals surface area contributed by atoms with Gasteiger partial charge in [-0.1, -0.05) is 18.6 Å².